The maximum atomic E-state index is 14.0. The van der Waals surface area contributed by atoms with Crippen LogP contribution < -0.4 is 16.6 Å². The lowest BCUT2D eigenvalue weighted by molar-refractivity contribution is -0.0988. The van der Waals surface area contributed by atoms with Gasteiger partial charge in [-0.1, -0.05) is 6.92 Å². The molecule has 0 radical (unpaired) electrons. The predicted molar refractivity (Wildman–Crippen MR) is 63.0 cm³/mol. The molecule has 2 N–H and O–H groups in total. The first kappa shape index (κ1) is 13.0. The summed E-state index contributed by atoms with van der Waals surface area (Å²) >= 11 is 0. The van der Waals surface area contributed by atoms with Crippen LogP contribution >= 0.6 is 0 Å². The molecule has 0 aromatic carbocycles. The van der Waals surface area contributed by atoms with Crippen molar-refractivity contribution in [3.63, 3.8) is 0 Å². The van der Waals surface area contributed by atoms with Crippen molar-refractivity contribution in [2.45, 2.75) is 37.9 Å². The van der Waals surface area contributed by atoms with Crippen LogP contribution in [0.1, 0.15) is 26.0 Å². The summed E-state index contributed by atoms with van der Waals surface area (Å²) in [6.45, 7) is 1.88. The maximum Gasteiger partial charge on any atom is 0.330 e. The molecule has 7 heteroatoms. The van der Waals surface area contributed by atoms with Crippen LogP contribution in [-0.4, -0.2) is 28.5 Å². The van der Waals surface area contributed by atoms with Crippen molar-refractivity contribution in [1.29, 1.82) is 0 Å². The molecule has 6 nitrogen and oxygen atoms in total. The second-order valence-electron chi connectivity index (χ2n) is 4.34. The number of nitrogens with zero attached hydrogens (tertiary/aromatic N) is 1. The number of nitrogens with one attached hydrogen (secondary N) is 2. The third-order valence-corrected chi connectivity index (χ3v) is 3.33. The average molecular weight is 257 g/mol. The van der Waals surface area contributed by atoms with Crippen LogP contribution in [0, 0.1) is 0 Å². The number of aromatic nitrogens is 2. The molecule has 0 amide bonds. The lowest BCUT2D eigenvalue weighted by Crippen LogP contribution is -2.42. The van der Waals surface area contributed by atoms with Crippen LogP contribution in [0.4, 0.5) is 4.39 Å². The van der Waals surface area contributed by atoms with Crippen molar-refractivity contribution >= 4 is 0 Å². The van der Waals surface area contributed by atoms with E-state index in [1.807, 2.05) is 6.92 Å². The van der Waals surface area contributed by atoms with Gasteiger partial charge in [-0.15, -0.1) is 0 Å². The first-order valence-corrected chi connectivity index (χ1v) is 5.83. The predicted octanol–water partition coefficient (Wildman–Crippen LogP) is 0.119. The van der Waals surface area contributed by atoms with Gasteiger partial charge in [0, 0.05) is 18.7 Å². The van der Waals surface area contributed by atoms with Gasteiger partial charge < -0.3 is 4.74 Å². The van der Waals surface area contributed by atoms with E-state index in [4.69, 9.17) is 4.74 Å². The van der Waals surface area contributed by atoms with Gasteiger partial charge in [0.15, 0.2) is 6.23 Å². The smallest absolute Gasteiger partial charge is 0.330 e. The summed E-state index contributed by atoms with van der Waals surface area (Å²) in [6.07, 6.45) is -0.322. The number of ether oxygens (including phenoxy) is 1. The summed E-state index contributed by atoms with van der Waals surface area (Å²) < 4.78 is 20.7. The molecule has 0 bridgehead atoms. The van der Waals surface area contributed by atoms with E-state index in [-0.39, 0.29) is 6.42 Å². The summed E-state index contributed by atoms with van der Waals surface area (Å²) in [7, 11) is 1.69. The molecule has 2 heterocycles. The summed E-state index contributed by atoms with van der Waals surface area (Å²) in [5, 5.41) is 2.94. The van der Waals surface area contributed by atoms with Gasteiger partial charge in [0.25, 0.3) is 5.56 Å². The second kappa shape index (κ2) is 4.66. The highest BCUT2D eigenvalue weighted by Gasteiger charge is 2.46. The second-order valence-corrected chi connectivity index (χ2v) is 4.34. The minimum atomic E-state index is -1.30. The molecule has 1 aromatic rings. The van der Waals surface area contributed by atoms with Gasteiger partial charge in [-0.3, -0.25) is 19.7 Å². The van der Waals surface area contributed by atoms with Crippen LogP contribution in [0.5, 0.6) is 0 Å². The molecule has 1 fully saturated rings. The van der Waals surface area contributed by atoms with E-state index in [0.717, 1.165) is 4.57 Å². The standard InChI is InChI=1S/C11H16FN3O3/c1-3-11(13-2)6-7(12)9(18-11)15-5-4-8(16)14-10(15)17/h4-5,7,9,13H,3,6H2,1-2H3,(H,14,16,17). The van der Waals surface area contributed by atoms with Gasteiger partial charge >= 0.3 is 5.69 Å². The Kier molecular flexibility index (Phi) is 3.36. The number of hydrogen-bond acceptors (Lipinski definition) is 4. The van der Waals surface area contributed by atoms with Crippen LogP contribution in [0.2, 0.25) is 0 Å². The Labute approximate surface area is 103 Å². The first-order valence-electron chi connectivity index (χ1n) is 5.83. The van der Waals surface area contributed by atoms with Crippen molar-refractivity contribution in [1.82, 2.24) is 14.9 Å². The van der Waals surface area contributed by atoms with E-state index < -0.39 is 29.4 Å². The Hall–Kier alpha value is -1.47. The molecule has 1 aliphatic heterocycles. The number of aromatic amines is 1. The zero-order chi connectivity index (χ0) is 13.3. The van der Waals surface area contributed by atoms with Crippen molar-refractivity contribution in [2.24, 2.45) is 0 Å². The van der Waals surface area contributed by atoms with E-state index in [1.165, 1.54) is 12.3 Å². The van der Waals surface area contributed by atoms with Crippen molar-refractivity contribution < 1.29 is 9.13 Å². The zero-order valence-electron chi connectivity index (χ0n) is 10.3. The largest absolute Gasteiger partial charge is 0.334 e. The highest BCUT2D eigenvalue weighted by molar-refractivity contribution is 4.93. The summed E-state index contributed by atoms with van der Waals surface area (Å²) in [6, 6.07) is 1.17. The number of halogens is 1. The van der Waals surface area contributed by atoms with Gasteiger partial charge in [-0.2, -0.15) is 0 Å². The minimum Gasteiger partial charge on any atom is -0.334 e. The fraction of sp³-hybridized carbons (Fsp3) is 0.636. The summed E-state index contributed by atoms with van der Waals surface area (Å²) in [5.41, 5.74) is -1.95. The molecule has 100 valence electrons. The number of alkyl halides is 1. The Morgan fingerprint density at radius 1 is 1.67 bits per heavy atom. The highest BCUT2D eigenvalue weighted by atomic mass is 19.1. The SMILES string of the molecule is CCC1(NC)CC(F)C(n2ccc(=O)[nH]c2=O)O1. The fourth-order valence-electron chi connectivity index (χ4n) is 2.19. The Bertz CT molecular complexity index is 535. The van der Waals surface area contributed by atoms with Gasteiger partial charge in [-0.05, 0) is 13.5 Å². The molecule has 3 unspecified atom stereocenters. The number of hydrogen-bond donors (Lipinski definition) is 2. The quantitative estimate of drug-likeness (QED) is 0.806. The van der Waals surface area contributed by atoms with Crippen molar-refractivity contribution in [3.05, 3.63) is 33.1 Å². The molecule has 3 atom stereocenters. The molecule has 2 rings (SSSR count). The number of H-pyrrole nitrogens is 1. The third-order valence-electron chi connectivity index (χ3n) is 3.33. The molecule has 18 heavy (non-hydrogen) atoms. The summed E-state index contributed by atoms with van der Waals surface area (Å²) in [4.78, 5) is 24.6. The first-order chi connectivity index (χ1) is 8.51. The molecule has 1 aliphatic rings. The van der Waals surface area contributed by atoms with E-state index in [2.05, 4.69) is 10.3 Å². The van der Waals surface area contributed by atoms with Crippen LogP contribution in [0.25, 0.3) is 0 Å². The average Bonchev–Trinajstić information content (AvgIpc) is 2.67. The topological polar surface area (TPSA) is 76.1 Å². The van der Waals surface area contributed by atoms with E-state index >= 15 is 0 Å². The number of rotatable bonds is 3. The Morgan fingerprint density at radius 2 is 2.39 bits per heavy atom. The van der Waals surface area contributed by atoms with E-state index in [9.17, 15) is 14.0 Å². The van der Waals surface area contributed by atoms with Crippen LogP contribution in [0.15, 0.2) is 21.9 Å². The molecule has 0 spiro atoms. The van der Waals surface area contributed by atoms with Crippen LogP contribution in [0.3, 0.4) is 0 Å². The highest BCUT2D eigenvalue weighted by Crippen LogP contribution is 2.37. The summed E-state index contributed by atoms with van der Waals surface area (Å²) in [5.74, 6) is 0. The van der Waals surface area contributed by atoms with Gasteiger partial charge in [0.1, 0.15) is 11.9 Å². The zero-order valence-corrected chi connectivity index (χ0v) is 10.3. The lowest BCUT2D eigenvalue weighted by atomic mass is 10.1. The normalized spacial score (nSPS) is 31.7. The van der Waals surface area contributed by atoms with E-state index in [0.29, 0.717) is 6.42 Å². The maximum absolute atomic E-state index is 14.0. The third kappa shape index (κ3) is 2.11. The van der Waals surface area contributed by atoms with Crippen molar-refractivity contribution in [2.75, 3.05) is 7.05 Å². The Balaban J connectivity index is 2.35. The molecule has 0 saturated carbocycles. The molecular weight excluding hydrogens is 241 g/mol. The fourth-order valence-corrected chi connectivity index (χ4v) is 2.19. The van der Waals surface area contributed by atoms with Gasteiger partial charge in [0.2, 0.25) is 0 Å². The van der Waals surface area contributed by atoms with Crippen molar-refractivity contribution in [3.8, 4) is 0 Å². The molecular formula is C11H16FN3O3. The molecule has 1 saturated heterocycles. The lowest BCUT2D eigenvalue weighted by Gasteiger charge is -2.27. The van der Waals surface area contributed by atoms with Gasteiger partial charge in [0.05, 0.1) is 0 Å². The Morgan fingerprint density at radius 3 is 2.89 bits per heavy atom. The van der Waals surface area contributed by atoms with Crippen LogP contribution in [-0.2, 0) is 4.74 Å². The molecule has 1 aromatic heterocycles. The van der Waals surface area contributed by atoms with E-state index in [1.54, 1.807) is 7.05 Å². The molecule has 0 aliphatic carbocycles. The minimum absolute atomic E-state index is 0.163. The van der Waals surface area contributed by atoms with Gasteiger partial charge in [-0.25, -0.2) is 9.18 Å². The monoisotopic (exact) mass is 257 g/mol.